The van der Waals surface area contributed by atoms with E-state index >= 15 is 0 Å². The van der Waals surface area contributed by atoms with Crippen molar-refractivity contribution in [2.75, 3.05) is 12.4 Å². The molecule has 60 valence electrons. The van der Waals surface area contributed by atoms with Gasteiger partial charge in [-0.15, -0.1) is 0 Å². The van der Waals surface area contributed by atoms with Crippen molar-refractivity contribution in [2.24, 2.45) is 5.73 Å². The van der Waals surface area contributed by atoms with Crippen molar-refractivity contribution in [3.8, 4) is 0 Å². The van der Waals surface area contributed by atoms with Crippen molar-refractivity contribution in [2.45, 2.75) is 0 Å². The average Bonchev–Trinajstić information content (AvgIpc) is 2.11. The third kappa shape index (κ3) is 4.41. The lowest BCUT2D eigenvalue weighted by Gasteiger charge is -1.93. The Labute approximate surface area is 71.6 Å². The second-order valence-electron chi connectivity index (χ2n) is 1.50. The fraction of sp³-hybridized carbons (Fsp3) is 0.143. The molecule has 1 heterocycles. The second-order valence-corrected chi connectivity index (χ2v) is 1.74. The largest absolute Gasteiger partial charge is 0.351 e. The molecule has 11 heavy (non-hydrogen) atoms. The number of aromatic nitrogens is 1. The van der Waals surface area contributed by atoms with Gasteiger partial charge in [0.1, 0.15) is 0 Å². The van der Waals surface area contributed by atoms with Gasteiger partial charge in [-0.25, -0.2) is 0 Å². The molecule has 0 fully saturated rings. The zero-order valence-electron chi connectivity index (χ0n) is 6.32. The first-order chi connectivity index (χ1) is 5.43. The molecule has 3 N–H and O–H groups in total. The summed E-state index contributed by atoms with van der Waals surface area (Å²) in [6.07, 6.45) is 3.43. The summed E-state index contributed by atoms with van der Waals surface area (Å²) < 4.78 is 0. The fourth-order valence-corrected chi connectivity index (χ4v) is 0.652. The van der Waals surface area contributed by atoms with E-state index in [1.165, 1.54) is 12.5 Å². The van der Waals surface area contributed by atoms with Crippen LogP contribution in [0.5, 0.6) is 0 Å². The molecule has 1 rings (SSSR count). The summed E-state index contributed by atoms with van der Waals surface area (Å²) in [5.41, 5.74) is 6.88. The monoisotopic (exact) mass is 169 g/mol. The summed E-state index contributed by atoms with van der Waals surface area (Å²) in [5, 5.41) is 2.83. The first-order valence-electron chi connectivity index (χ1n) is 3.11. The maximum atomic E-state index is 4.57. The Morgan fingerprint density at radius 3 is 2.82 bits per heavy atom. The Bertz CT molecular complexity index is 188. The van der Waals surface area contributed by atoms with E-state index in [1.807, 2.05) is 12.1 Å². The number of pyridine rings is 1. The number of hydrogen-bond donors (Lipinski definition) is 2. The van der Waals surface area contributed by atoms with Crippen molar-refractivity contribution in [3.63, 3.8) is 0 Å². The molecule has 1 aromatic heterocycles. The van der Waals surface area contributed by atoms with Crippen LogP contribution in [0.4, 0.5) is 5.69 Å². The molecule has 0 radical (unpaired) electrons. The first-order valence-corrected chi connectivity index (χ1v) is 3.58. The Morgan fingerprint density at radius 1 is 1.64 bits per heavy atom. The van der Waals surface area contributed by atoms with Gasteiger partial charge in [-0.05, 0) is 19.2 Å². The maximum Gasteiger partial charge on any atom is 0.0659 e. The Morgan fingerprint density at radius 2 is 2.36 bits per heavy atom. The van der Waals surface area contributed by atoms with Gasteiger partial charge in [0, 0.05) is 6.20 Å². The van der Waals surface area contributed by atoms with E-state index in [4.69, 9.17) is 0 Å². The highest BCUT2D eigenvalue weighted by atomic mass is 32.1. The number of nitrogens with one attached hydrogen (secondary N) is 1. The van der Waals surface area contributed by atoms with Gasteiger partial charge in [-0.2, -0.15) is 0 Å². The lowest BCUT2D eigenvalue weighted by Crippen LogP contribution is -1.90. The topological polar surface area (TPSA) is 50.9 Å². The molecule has 0 aromatic carbocycles. The number of nitrogens with two attached hydrogens (primary N) is 1. The van der Waals surface area contributed by atoms with Crippen LogP contribution < -0.4 is 11.1 Å². The summed E-state index contributed by atoms with van der Waals surface area (Å²) in [6, 6.07) is 3.75. The van der Waals surface area contributed by atoms with Crippen LogP contribution in [0.25, 0.3) is 0 Å². The summed E-state index contributed by atoms with van der Waals surface area (Å²) in [4.78, 5) is 3.87. The Kier molecular flexibility index (Phi) is 6.46. The molecule has 0 bridgehead atoms. The van der Waals surface area contributed by atoms with Gasteiger partial charge >= 0.3 is 0 Å². The highest BCUT2D eigenvalue weighted by Crippen LogP contribution is 1.99. The van der Waals surface area contributed by atoms with Crippen molar-refractivity contribution in [1.29, 1.82) is 0 Å². The first kappa shape index (κ1) is 10.0. The van der Waals surface area contributed by atoms with Crippen LogP contribution in [0.1, 0.15) is 0 Å². The van der Waals surface area contributed by atoms with E-state index in [0.717, 1.165) is 5.69 Å². The molecule has 0 aliphatic heterocycles. The van der Waals surface area contributed by atoms with Gasteiger partial charge in [-0.1, -0.05) is 12.2 Å². The number of hydrogen-bond acceptors (Lipinski definition) is 3. The number of thiocarbonyl (C=S) groups is 1. The Hall–Kier alpha value is -1.00. The van der Waals surface area contributed by atoms with Crippen molar-refractivity contribution in [1.82, 2.24) is 4.98 Å². The molecular formula is C7H11N3S. The third-order valence-corrected chi connectivity index (χ3v) is 1.00. The molecule has 4 heteroatoms. The quantitative estimate of drug-likeness (QED) is 0.649. The summed E-state index contributed by atoms with van der Waals surface area (Å²) >= 11 is 4.57. The van der Waals surface area contributed by atoms with Gasteiger partial charge in [-0.3, -0.25) is 4.98 Å². The van der Waals surface area contributed by atoms with Crippen LogP contribution in [0, 0.1) is 0 Å². The third-order valence-electron chi connectivity index (χ3n) is 0.887. The maximum absolute atomic E-state index is 4.57. The molecule has 0 saturated heterocycles. The molecule has 0 amide bonds. The molecule has 0 aliphatic rings. The zero-order valence-corrected chi connectivity index (χ0v) is 7.14. The van der Waals surface area contributed by atoms with Gasteiger partial charge in [0.05, 0.1) is 17.4 Å². The average molecular weight is 169 g/mol. The van der Waals surface area contributed by atoms with Crippen LogP contribution in [0.15, 0.2) is 24.5 Å². The molecule has 0 unspecified atom stereocenters. The number of nitrogens with zero attached hydrogens (tertiary/aromatic N) is 1. The minimum atomic E-state index is 0.924. The van der Waals surface area contributed by atoms with E-state index in [2.05, 4.69) is 28.3 Å². The lowest BCUT2D eigenvalue weighted by molar-refractivity contribution is 1.33. The molecule has 0 saturated carbocycles. The molecular weight excluding hydrogens is 158 g/mol. The Balaban J connectivity index is 0.000000461. The molecule has 1 aromatic rings. The van der Waals surface area contributed by atoms with Crippen LogP contribution in [-0.4, -0.2) is 17.5 Å². The minimum absolute atomic E-state index is 0.924. The highest BCUT2D eigenvalue weighted by Gasteiger charge is 1.81. The number of anilines is 1. The van der Waals surface area contributed by atoms with Gasteiger partial charge in [0.25, 0.3) is 0 Å². The van der Waals surface area contributed by atoms with Crippen molar-refractivity contribution in [3.05, 3.63) is 24.5 Å². The van der Waals surface area contributed by atoms with Crippen LogP contribution in [0.2, 0.25) is 0 Å². The lowest BCUT2D eigenvalue weighted by atomic mass is 10.4. The van der Waals surface area contributed by atoms with Crippen molar-refractivity contribution >= 4 is 23.4 Å². The van der Waals surface area contributed by atoms with Crippen LogP contribution in [0.3, 0.4) is 0 Å². The molecule has 0 atom stereocenters. The standard InChI is InChI=1S/C6H6N2S.CH5N/c9-5-8-6-2-1-3-7-4-6;1-2/h1-5H,(H,8,9);2H2,1H3. The van der Waals surface area contributed by atoms with Gasteiger partial charge in [0.2, 0.25) is 0 Å². The SMILES string of the molecule is CN.S=CNc1cccnc1. The fourth-order valence-electron chi connectivity index (χ4n) is 0.516. The molecule has 0 aliphatic carbocycles. The summed E-state index contributed by atoms with van der Waals surface area (Å²) in [6.45, 7) is 0. The molecule has 3 nitrogen and oxygen atoms in total. The van der Waals surface area contributed by atoms with Crippen molar-refractivity contribution < 1.29 is 0 Å². The molecule has 0 spiro atoms. The van der Waals surface area contributed by atoms with E-state index in [0.29, 0.717) is 0 Å². The normalized spacial score (nSPS) is 7.45. The van der Waals surface area contributed by atoms with Crippen LogP contribution in [-0.2, 0) is 0 Å². The van der Waals surface area contributed by atoms with E-state index in [1.54, 1.807) is 12.4 Å². The summed E-state index contributed by atoms with van der Waals surface area (Å²) in [5.74, 6) is 0. The van der Waals surface area contributed by atoms with Gasteiger partial charge < -0.3 is 11.1 Å². The predicted molar refractivity (Wildman–Crippen MR) is 51.6 cm³/mol. The smallest absolute Gasteiger partial charge is 0.0659 e. The minimum Gasteiger partial charge on any atom is -0.351 e. The zero-order chi connectivity index (χ0) is 8.53. The van der Waals surface area contributed by atoms with Gasteiger partial charge in [0.15, 0.2) is 0 Å². The van der Waals surface area contributed by atoms with E-state index in [-0.39, 0.29) is 0 Å². The second kappa shape index (κ2) is 7.11. The highest BCUT2D eigenvalue weighted by molar-refractivity contribution is 7.79. The summed E-state index contributed by atoms with van der Waals surface area (Å²) in [7, 11) is 1.50. The number of rotatable bonds is 2. The van der Waals surface area contributed by atoms with E-state index in [9.17, 15) is 0 Å². The van der Waals surface area contributed by atoms with Crippen LogP contribution >= 0.6 is 12.2 Å². The van der Waals surface area contributed by atoms with E-state index < -0.39 is 0 Å². The predicted octanol–water partition coefficient (Wildman–Crippen LogP) is 1.03.